The number of rotatable bonds is 7. The third-order valence-corrected chi connectivity index (χ3v) is 4.97. The molecule has 0 spiro atoms. The van der Waals surface area contributed by atoms with E-state index in [2.05, 4.69) is 10.6 Å². The second-order valence-electron chi connectivity index (χ2n) is 6.87. The zero-order valence-electron chi connectivity index (χ0n) is 17.2. The number of benzene rings is 2. The van der Waals surface area contributed by atoms with Gasteiger partial charge in [-0.25, -0.2) is 9.18 Å². The standard InChI is InChI=1S/C23H23ClFN3O3/c1-3-26-23(29)27-13-19-9-7-15(14-28(19)30)11-17-8-10-20(31-2)21(22(17)25)16-5-4-6-18(24)12-16/h4-10,12,14H,3,11,13H2,1-2H3,(H2,26,27,29). The number of aromatic nitrogens is 1. The van der Waals surface area contributed by atoms with E-state index >= 15 is 4.39 Å². The van der Waals surface area contributed by atoms with Crippen LogP contribution < -0.4 is 20.1 Å². The second-order valence-corrected chi connectivity index (χ2v) is 7.31. The summed E-state index contributed by atoms with van der Waals surface area (Å²) in [5.74, 6) is -0.0322. The van der Waals surface area contributed by atoms with Crippen molar-refractivity contribution in [3.05, 3.63) is 87.6 Å². The third kappa shape index (κ3) is 5.44. The fraction of sp³-hybridized carbons (Fsp3) is 0.217. The number of nitrogens with one attached hydrogen (secondary N) is 2. The van der Waals surface area contributed by atoms with Crippen LogP contribution in [0.1, 0.15) is 23.7 Å². The van der Waals surface area contributed by atoms with E-state index in [0.717, 1.165) is 0 Å². The topological polar surface area (TPSA) is 77.3 Å². The smallest absolute Gasteiger partial charge is 0.315 e. The van der Waals surface area contributed by atoms with Crippen LogP contribution in [-0.4, -0.2) is 19.7 Å². The molecule has 1 aromatic heterocycles. The number of carbonyl (C=O) groups excluding carboxylic acids is 1. The second kappa shape index (κ2) is 10.1. The van der Waals surface area contributed by atoms with Crippen LogP contribution in [-0.2, 0) is 13.0 Å². The van der Waals surface area contributed by atoms with E-state index in [9.17, 15) is 10.0 Å². The summed E-state index contributed by atoms with van der Waals surface area (Å²) in [6, 6.07) is 13.3. The molecule has 162 valence electrons. The Morgan fingerprint density at radius 1 is 1.19 bits per heavy atom. The number of nitrogens with zero attached hydrogens (tertiary/aromatic N) is 1. The molecule has 0 radical (unpaired) electrons. The first-order valence-corrected chi connectivity index (χ1v) is 10.1. The number of amides is 2. The van der Waals surface area contributed by atoms with Crippen molar-refractivity contribution in [3.8, 4) is 16.9 Å². The van der Waals surface area contributed by atoms with Gasteiger partial charge in [0.25, 0.3) is 0 Å². The van der Waals surface area contributed by atoms with Crippen LogP contribution in [0.15, 0.2) is 54.7 Å². The molecular formula is C23H23ClFN3O3. The normalized spacial score (nSPS) is 10.6. The molecule has 0 atom stereocenters. The molecule has 1 heterocycles. The quantitative estimate of drug-likeness (QED) is 0.424. The number of ether oxygens (including phenoxy) is 1. The van der Waals surface area contributed by atoms with Gasteiger partial charge in [-0.1, -0.05) is 29.8 Å². The van der Waals surface area contributed by atoms with Gasteiger partial charge in [0, 0.05) is 29.6 Å². The average molecular weight is 444 g/mol. The number of urea groups is 1. The maximum absolute atomic E-state index is 15.4. The van der Waals surface area contributed by atoms with Crippen molar-refractivity contribution in [2.75, 3.05) is 13.7 Å². The molecule has 0 aliphatic heterocycles. The lowest BCUT2D eigenvalue weighted by Crippen LogP contribution is -2.40. The van der Waals surface area contributed by atoms with Crippen molar-refractivity contribution in [2.45, 2.75) is 19.9 Å². The van der Waals surface area contributed by atoms with Gasteiger partial charge in [-0.2, -0.15) is 4.73 Å². The minimum absolute atomic E-state index is 0.0887. The summed E-state index contributed by atoms with van der Waals surface area (Å²) in [5.41, 5.74) is 2.36. The Kier molecular flexibility index (Phi) is 7.31. The van der Waals surface area contributed by atoms with Gasteiger partial charge < -0.3 is 20.6 Å². The molecule has 2 aromatic carbocycles. The zero-order valence-corrected chi connectivity index (χ0v) is 18.0. The maximum atomic E-state index is 15.4. The molecule has 0 aliphatic rings. The number of pyridine rings is 1. The Balaban J connectivity index is 1.85. The summed E-state index contributed by atoms with van der Waals surface area (Å²) in [6.45, 7) is 2.39. The van der Waals surface area contributed by atoms with Gasteiger partial charge in [-0.05, 0) is 42.3 Å². The molecule has 0 unspecified atom stereocenters. The molecule has 0 bridgehead atoms. The Bertz CT molecular complexity index is 1090. The van der Waals surface area contributed by atoms with Crippen LogP contribution in [0.25, 0.3) is 11.1 Å². The fourth-order valence-corrected chi connectivity index (χ4v) is 3.42. The third-order valence-electron chi connectivity index (χ3n) is 4.73. The highest BCUT2D eigenvalue weighted by atomic mass is 35.5. The Hall–Kier alpha value is -3.32. The molecular weight excluding hydrogens is 421 g/mol. The summed E-state index contributed by atoms with van der Waals surface area (Å²) in [6.07, 6.45) is 1.60. The summed E-state index contributed by atoms with van der Waals surface area (Å²) in [4.78, 5) is 11.5. The van der Waals surface area contributed by atoms with Gasteiger partial charge in [0.1, 0.15) is 18.1 Å². The van der Waals surface area contributed by atoms with Crippen LogP contribution in [0.5, 0.6) is 5.75 Å². The van der Waals surface area contributed by atoms with E-state index < -0.39 is 5.82 Å². The summed E-state index contributed by atoms with van der Waals surface area (Å²) < 4.78 is 21.5. The van der Waals surface area contributed by atoms with Gasteiger partial charge in [0.15, 0.2) is 6.20 Å². The van der Waals surface area contributed by atoms with E-state index in [1.165, 1.54) is 13.3 Å². The molecule has 31 heavy (non-hydrogen) atoms. The van der Waals surface area contributed by atoms with Gasteiger partial charge in [-0.3, -0.25) is 0 Å². The monoisotopic (exact) mass is 443 g/mol. The van der Waals surface area contributed by atoms with Gasteiger partial charge in [0.05, 0.1) is 12.7 Å². The molecule has 0 fully saturated rings. The highest BCUT2D eigenvalue weighted by Crippen LogP contribution is 2.36. The number of hydrogen-bond acceptors (Lipinski definition) is 3. The van der Waals surface area contributed by atoms with Crippen molar-refractivity contribution in [1.29, 1.82) is 0 Å². The maximum Gasteiger partial charge on any atom is 0.315 e. The average Bonchev–Trinajstić information content (AvgIpc) is 2.74. The van der Waals surface area contributed by atoms with Crippen molar-refractivity contribution < 1.29 is 18.7 Å². The van der Waals surface area contributed by atoms with Gasteiger partial charge in [-0.15, -0.1) is 0 Å². The minimum atomic E-state index is -0.430. The molecule has 3 aromatic rings. The molecule has 3 rings (SSSR count). The van der Waals surface area contributed by atoms with Gasteiger partial charge in [0.2, 0.25) is 5.69 Å². The fourth-order valence-electron chi connectivity index (χ4n) is 3.23. The van der Waals surface area contributed by atoms with Crippen LogP contribution in [0.4, 0.5) is 9.18 Å². The summed E-state index contributed by atoms with van der Waals surface area (Å²) >= 11 is 6.08. The Morgan fingerprint density at radius 2 is 2.00 bits per heavy atom. The molecule has 2 amide bonds. The van der Waals surface area contributed by atoms with E-state index in [1.54, 1.807) is 55.5 Å². The van der Waals surface area contributed by atoms with E-state index in [4.69, 9.17) is 16.3 Å². The molecule has 0 aliphatic carbocycles. The number of carbonyl (C=O) groups is 1. The summed E-state index contributed by atoms with van der Waals surface area (Å²) in [7, 11) is 1.48. The van der Waals surface area contributed by atoms with Crippen LogP contribution >= 0.6 is 11.6 Å². The number of halogens is 2. The molecule has 2 N–H and O–H groups in total. The largest absolute Gasteiger partial charge is 0.618 e. The summed E-state index contributed by atoms with van der Waals surface area (Å²) in [5, 5.41) is 18.0. The Labute approximate surface area is 185 Å². The first-order valence-electron chi connectivity index (χ1n) is 9.77. The van der Waals surface area contributed by atoms with Crippen LogP contribution in [0.2, 0.25) is 5.02 Å². The van der Waals surface area contributed by atoms with E-state index in [-0.39, 0.29) is 19.0 Å². The van der Waals surface area contributed by atoms with Crippen LogP contribution in [0.3, 0.4) is 0 Å². The van der Waals surface area contributed by atoms with Crippen molar-refractivity contribution in [1.82, 2.24) is 10.6 Å². The highest BCUT2D eigenvalue weighted by molar-refractivity contribution is 6.30. The van der Waals surface area contributed by atoms with Crippen molar-refractivity contribution in [3.63, 3.8) is 0 Å². The van der Waals surface area contributed by atoms with Gasteiger partial charge >= 0.3 is 6.03 Å². The number of methoxy groups -OCH3 is 1. The van der Waals surface area contributed by atoms with Crippen molar-refractivity contribution >= 4 is 17.6 Å². The van der Waals surface area contributed by atoms with E-state index in [0.29, 0.717) is 50.0 Å². The molecule has 6 nitrogen and oxygen atoms in total. The SMILES string of the molecule is CCNC(=O)NCc1ccc(Cc2ccc(OC)c(-c3cccc(Cl)c3)c2F)c[n+]1[O-]. The first kappa shape index (κ1) is 22.4. The lowest BCUT2D eigenvalue weighted by Gasteiger charge is -2.14. The molecule has 8 heteroatoms. The lowest BCUT2D eigenvalue weighted by atomic mass is 9.97. The number of hydrogen-bond donors (Lipinski definition) is 2. The molecule has 0 saturated carbocycles. The van der Waals surface area contributed by atoms with Crippen molar-refractivity contribution in [2.24, 2.45) is 0 Å². The first-order chi connectivity index (χ1) is 14.9. The van der Waals surface area contributed by atoms with Crippen LogP contribution in [0, 0.1) is 11.0 Å². The molecule has 0 saturated heterocycles. The Morgan fingerprint density at radius 3 is 2.68 bits per heavy atom. The zero-order chi connectivity index (χ0) is 22.4. The highest BCUT2D eigenvalue weighted by Gasteiger charge is 2.18. The lowest BCUT2D eigenvalue weighted by molar-refractivity contribution is -0.614. The predicted molar refractivity (Wildman–Crippen MR) is 118 cm³/mol. The minimum Gasteiger partial charge on any atom is -0.618 e. The predicted octanol–water partition coefficient (Wildman–Crippen LogP) is 4.20. The van der Waals surface area contributed by atoms with E-state index in [1.807, 2.05) is 0 Å².